The number of aliphatic hydroxyl groups is 1. The Morgan fingerprint density at radius 3 is 2.71 bits per heavy atom. The predicted octanol–water partition coefficient (Wildman–Crippen LogP) is 3.33. The van der Waals surface area contributed by atoms with Gasteiger partial charge in [0, 0.05) is 49.6 Å². The Labute approximate surface area is 208 Å². The predicted molar refractivity (Wildman–Crippen MR) is 135 cm³/mol. The topological polar surface area (TPSA) is 95.9 Å². The Kier molecular flexibility index (Phi) is 8.21. The molecule has 0 fully saturated rings. The van der Waals surface area contributed by atoms with Gasteiger partial charge in [0.25, 0.3) is 0 Å². The van der Waals surface area contributed by atoms with Crippen molar-refractivity contribution in [1.29, 1.82) is 0 Å². The molecular formula is C26H36N4O4S. The summed E-state index contributed by atoms with van der Waals surface area (Å²) in [6.07, 6.45) is 11.5. The van der Waals surface area contributed by atoms with E-state index in [9.17, 15) is 13.5 Å². The first-order valence-electron chi connectivity index (χ1n) is 12.3. The number of benzene rings is 1. The van der Waals surface area contributed by atoms with Crippen LogP contribution in [0, 0.1) is 5.92 Å². The van der Waals surface area contributed by atoms with Crippen molar-refractivity contribution in [3.8, 4) is 5.75 Å². The number of ether oxygens (including phenoxy) is 1. The molecule has 1 aliphatic carbocycles. The molecule has 2 aliphatic rings. The largest absolute Gasteiger partial charge is 0.487 e. The molecule has 1 aromatic heterocycles. The van der Waals surface area contributed by atoms with E-state index >= 15 is 0 Å². The summed E-state index contributed by atoms with van der Waals surface area (Å²) in [4.78, 5) is 10.5. The Bertz CT molecular complexity index is 1140. The summed E-state index contributed by atoms with van der Waals surface area (Å²) in [5, 5.41) is 9.84. The van der Waals surface area contributed by atoms with Gasteiger partial charge in [-0.3, -0.25) is 4.90 Å². The van der Waals surface area contributed by atoms with Gasteiger partial charge in [0.15, 0.2) is 0 Å². The van der Waals surface area contributed by atoms with Crippen molar-refractivity contribution in [3.05, 3.63) is 54.1 Å². The fourth-order valence-electron chi connectivity index (χ4n) is 4.84. The number of aromatic nitrogens is 2. The molecule has 0 spiro atoms. The number of allylic oxidation sites excluding steroid dienone is 2. The second-order valence-electron chi connectivity index (χ2n) is 9.82. The molecule has 0 saturated carbocycles. The lowest BCUT2D eigenvalue weighted by atomic mass is 9.93. The maximum Gasteiger partial charge on any atom is 0.247 e. The van der Waals surface area contributed by atoms with E-state index in [0.717, 1.165) is 30.4 Å². The van der Waals surface area contributed by atoms with E-state index in [1.807, 2.05) is 26.1 Å². The molecule has 4 rings (SSSR count). The van der Waals surface area contributed by atoms with Crippen LogP contribution in [0.25, 0.3) is 5.57 Å². The monoisotopic (exact) mass is 500 g/mol. The van der Waals surface area contributed by atoms with Gasteiger partial charge < -0.3 is 9.84 Å². The van der Waals surface area contributed by atoms with E-state index < -0.39 is 16.1 Å². The van der Waals surface area contributed by atoms with Crippen LogP contribution in [0.3, 0.4) is 0 Å². The molecule has 9 heteroatoms. The molecule has 3 atom stereocenters. The first-order chi connectivity index (χ1) is 16.8. The highest BCUT2D eigenvalue weighted by Crippen LogP contribution is 2.37. The van der Waals surface area contributed by atoms with E-state index in [0.29, 0.717) is 18.8 Å². The van der Waals surface area contributed by atoms with Crippen LogP contribution in [0.15, 0.2) is 47.9 Å². The summed E-state index contributed by atoms with van der Waals surface area (Å²) >= 11 is 0. The van der Waals surface area contributed by atoms with Crippen LogP contribution in [0.1, 0.15) is 50.7 Å². The van der Waals surface area contributed by atoms with Gasteiger partial charge in [-0.25, -0.2) is 18.4 Å². The molecule has 35 heavy (non-hydrogen) atoms. The van der Waals surface area contributed by atoms with Gasteiger partial charge in [0.1, 0.15) is 23.1 Å². The third-order valence-electron chi connectivity index (χ3n) is 6.89. The molecule has 2 aromatic rings. The minimum absolute atomic E-state index is 0.0982. The average Bonchev–Trinajstić information content (AvgIpc) is 2.86. The minimum atomic E-state index is -3.84. The third kappa shape index (κ3) is 5.91. The van der Waals surface area contributed by atoms with E-state index in [1.54, 1.807) is 25.4 Å². The van der Waals surface area contributed by atoms with Crippen molar-refractivity contribution in [2.75, 3.05) is 26.7 Å². The summed E-state index contributed by atoms with van der Waals surface area (Å²) < 4.78 is 35.3. The van der Waals surface area contributed by atoms with Crippen LogP contribution in [0.2, 0.25) is 0 Å². The minimum Gasteiger partial charge on any atom is -0.487 e. The van der Waals surface area contributed by atoms with Gasteiger partial charge in [-0.05, 0) is 62.9 Å². The molecule has 190 valence electrons. The van der Waals surface area contributed by atoms with Crippen LogP contribution >= 0.6 is 0 Å². The number of rotatable bonds is 7. The summed E-state index contributed by atoms with van der Waals surface area (Å²) in [6, 6.07) is 4.92. The zero-order valence-corrected chi connectivity index (χ0v) is 21.6. The lowest BCUT2D eigenvalue weighted by molar-refractivity contribution is 0.0733. The fourth-order valence-corrected chi connectivity index (χ4v) is 6.66. The van der Waals surface area contributed by atoms with E-state index in [2.05, 4.69) is 20.9 Å². The van der Waals surface area contributed by atoms with Crippen LogP contribution in [-0.2, 0) is 16.6 Å². The molecule has 0 amide bonds. The van der Waals surface area contributed by atoms with Crippen LogP contribution < -0.4 is 4.74 Å². The normalized spacial score (nSPS) is 23.5. The number of likely N-dealkylation sites (N-methyl/N-ethyl adjacent to an activating group) is 1. The highest BCUT2D eigenvalue weighted by Gasteiger charge is 2.38. The van der Waals surface area contributed by atoms with Crippen molar-refractivity contribution in [1.82, 2.24) is 19.2 Å². The first kappa shape index (κ1) is 25.8. The number of aliphatic hydroxyl groups excluding tert-OH is 1. The van der Waals surface area contributed by atoms with Gasteiger partial charge in [0.05, 0.1) is 6.61 Å². The van der Waals surface area contributed by atoms with Crippen molar-refractivity contribution in [3.63, 3.8) is 0 Å². The molecule has 8 nitrogen and oxygen atoms in total. The molecule has 1 aromatic carbocycles. The lowest BCUT2D eigenvalue weighted by Gasteiger charge is -2.37. The smallest absolute Gasteiger partial charge is 0.247 e. The molecular weight excluding hydrogens is 464 g/mol. The molecule has 1 N–H and O–H groups in total. The number of hydrogen-bond acceptors (Lipinski definition) is 7. The van der Waals surface area contributed by atoms with Crippen LogP contribution in [0.5, 0.6) is 5.75 Å². The second-order valence-corrected chi connectivity index (χ2v) is 11.7. The van der Waals surface area contributed by atoms with Crippen molar-refractivity contribution in [2.45, 2.75) is 63.1 Å². The Morgan fingerprint density at radius 1 is 1.26 bits per heavy atom. The zero-order chi connectivity index (χ0) is 25.0. The van der Waals surface area contributed by atoms with Gasteiger partial charge in [-0.2, -0.15) is 4.31 Å². The first-order valence-corrected chi connectivity index (χ1v) is 13.8. The van der Waals surface area contributed by atoms with Gasteiger partial charge in [-0.1, -0.05) is 19.1 Å². The lowest BCUT2D eigenvalue weighted by Crippen LogP contribution is -2.49. The number of fused-ring (bicyclic) bond motifs is 1. The maximum absolute atomic E-state index is 13.7. The van der Waals surface area contributed by atoms with Gasteiger partial charge >= 0.3 is 0 Å². The highest BCUT2D eigenvalue weighted by atomic mass is 32.2. The molecule has 0 unspecified atom stereocenters. The fraction of sp³-hybridized carbons (Fsp3) is 0.538. The average molecular weight is 501 g/mol. The molecule has 0 radical (unpaired) electrons. The summed E-state index contributed by atoms with van der Waals surface area (Å²) in [5.41, 5.74) is 3.26. The summed E-state index contributed by atoms with van der Waals surface area (Å²) in [5.74, 6) is 0.288. The molecule has 1 aliphatic heterocycles. The van der Waals surface area contributed by atoms with Gasteiger partial charge in [0.2, 0.25) is 10.0 Å². The number of nitrogens with zero attached hydrogens (tertiary/aromatic N) is 4. The number of hydrogen-bond donors (Lipinski definition) is 1. The SMILES string of the molecule is C[C@H]1CN([C@@H](C)CO)S(=O)(=O)c2ccc(C3=CCCCC3)cc2O[C@H]1CN(C)Cc1cncnc1. The summed E-state index contributed by atoms with van der Waals surface area (Å²) in [6.45, 7) is 5.03. The van der Waals surface area contributed by atoms with Crippen LogP contribution in [0.4, 0.5) is 0 Å². The van der Waals surface area contributed by atoms with E-state index in [4.69, 9.17) is 4.74 Å². The molecule has 0 saturated heterocycles. The van der Waals surface area contributed by atoms with Crippen molar-refractivity contribution in [2.24, 2.45) is 5.92 Å². The second kappa shape index (κ2) is 11.2. The number of sulfonamides is 1. The van der Waals surface area contributed by atoms with Crippen LogP contribution in [-0.4, -0.2) is 71.6 Å². The van der Waals surface area contributed by atoms with Gasteiger partial charge in [-0.15, -0.1) is 0 Å². The molecule has 2 heterocycles. The Morgan fingerprint density at radius 2 is 2.03 bits per heavy atom. The Balaban J connectivity index is 1.69. The zero-order valence-electron chi connectivity index (χ0n) is 20.8. The van der Waals surface area contributed by atoms with Crippen molar-refractivity contribution >= 4 is 15.6 Å². The standard InChI is InChI=1S/C26H36N4O4S/c1-19-14-30(20(2)17-31)35(32,33)26-10-9-23(22-7-5-4-6-8-22)11-24(26)34-25(19)16-29(3)15-21-12-27-18-28-13-21/h7,9-13,18-20,25,31H,4-6,8,14-17H2,1-3H3/t19-,20-,25-/m0/s1. The Hall–Kier alpha value is -2.33. The molecule has 0 bridgehead atoms. The quantitative estimate of drug-likeness (QED) is 0.623. The van der Waals surface area contributed by atoms with E-state index in [-0.39, 0.29) is 30.1 Å². The van der Waals surface area contributed by atoms with Crippen molar-refractivity contribution < 1.29 is 18.3 Å². The summed E-state index contributed by atoms with van der Waals surface area (Å²) in [7, 11) is -1.83. The van der Waals surface area contributed by atoms with E-state index in [1.165, 1.54) is 22.6 Å². The highest BCUT2D eigenvalue weighted by molar-refractivity contribution is 7.89. The maximum atomic E-state index is 13.7. The third-order valence-corrected chi connectivity index (χ3v) is 8.91.